The van der Waals surface area contributed by atoms with Gasteiger partial charge in [-0.05, 0) is 33.6 Å². The molecule has 0 aromatic carbocycles. The molecule has 1 saturated heterocycles. The van der Waals surface area contributed by atoms with Crippen LogP contribution in [-0.2, 0) is 15.9 Å². The van der Waals surface area contributed by atoms with E-state index in [0.717, 1.165) is 0 Å². The molecule has 1 fully saturated rings. The SMILES string of the molecule is CCc1[nH]c(C(=O)N[C@H]2CCN(C(=O)OC(C)(C)C)C[C@H]2OCCF)nc1Cl. The minimum Gasteiger partial charge on any atom is -0.444 e. The van der Waals surface area contributed by atoms with Gasteiger partial charge in [-0.15, -0.1) is 0 Å². The van der Waals surface area contributed by atoms with Gasteiger partial charge in [0.1, 0.15) is 12.3 Å². The van der Waals surface area contributed by atoms with E-state index < -0.39 is 36.4 Å². The van der Waals surface area contributed by atoms with Gasteiger partial charge in [-0.25, -0.2) is 14.2 Å². The molecule has 2 rings (SSSR count). The zero-order chi connectivity index (χ0) is 20.9. The highest BCUT2D eigenvalue weighted by atomic mass is 35.5. The normalized spacial score (nSPS) is 20.1. The van der Waals surface area contributed by atoms with Crippen molar-refractivity contribution in [1.82, 2.24) is 20.2 Å². The maximum atomic E-state index is 12.6. The lowest BCUT2D eigenvalue weighted by atomic mass is 10.0. The first kappa shape index (κ1) is 22.4. The molecule has 10 heteroatoms. The van der Waals surface area contributed by atoms with E-state index in [1.54, 1.807) is 20.8 Å². The van der Waals surface area contributed by atoms with Crippen molar-refractivity contribution < 1.29 is 23.5 Å². The number of piperidine rings is 1. The van der Waals surface area contributed by atoms with Gasteiger partial charge in [0, 0.05) is 6.54 Å². The van der Waals surface area contributed by atoms with Crippen molar-refractivity contribution in [3.8, 4) is 0 Å². The van der Waals surface area contributed by atoms with Crippen LogP contribution in [-0.4, -0.2) is 71.0 Å². The van der Waals surface area contributed by atoms with Gasteiger partial charge < -0.3 is 24.7 Å². The second-order valence-electron chi connectivity index (χ2n) is 7.60. The topological polar surface area (TPSA) is 96.6 Å². The molecule has 28 heavy (non-hydrogen) atoms. The van der Waals surface area contributed by atoms with Crippen molar-refractivity contribution in [3.63, 3.8) is 0 Å². The number of amides is 2. The smallest absolute Gasteiger partial charge is 0.410 e. The van der Waals surface area contributed by atoms with Crippen LogP contribution in [0.25, 0.3) is 0 Å². The van der Waals surface area contributed by atoms with Gasteiger partial charge in [-0.3, -0.25) is 4.79 Å². The Balaban J connectivity index is 2.04. The third-order valence-electron chi connectivity index (χ3n) is 4.23. The van der Waals surface area contributed by atoms with Gasteiger partial charge in [0.2, 0.25) is 0 Å². The van der Waals surface area contributed by atoms with E-state index in [-0.39, 0.29) is 24.1 Å². The fourth-order valence-electron chi connectivity index (χ4n) is 2.91. The first-order valence-electron chi connectivity index (χ1n) is 9.35. The highest BCUT2D eigenvalue weighted by Gasteiger charge is 2.35. The molecule has 0 saturated carbocycles. The van der Waals surface area contributed by atoms with E-state index in [1.165, 1.54) is 4.90 Å². The summed E-state index contributed by atoms with van der Waals surface area (Å²) in [6.07, 6.45) is 0.0423. The van der Waals surface area contributed by atoms with Gasteiger partial charge >= 0.3 is 6.09 Å². The Hall–Kier alpha value is -1.87. The molecule has 0 aliphatic carbocycles. The average molecular weight is 419 g/mol. The summed E-state index contributed by atoms with van der Waals surface area (Å²) in [5.41, 5.74) is 0.0595. The summed E-state index contributed by atoms with van der Waals surface area (Å²) in [7, 11) is 0. The molecule has 8 nitrogen and oxygen atoms in total. The van der Waals surface area contributed by atoms with Crippen LogP contribution in [0.15, 0.2) is 0 Å². The number of imidazole rings is 1. The highest BCUT2D eigenvalue weighted by molar-refractivity contribution is 6.30. The number of halogens is 2. The molecule has 0 bridgehead atoms. The molecule has 1 aromatic rings. The molecule has 1 aliphatic rings. The summed E-state index contributed by atoms with van der Waals surface area (Å²) in [6, 6.07) is -0.397. The van der Waals surface area contributed by atoms with Crippen molar-refractivity contribution >= 4 is 23.6 Å². The van der Waals surface area contributed by atoms with E-state index in [9.17, 15) is 14.0 Å². The van der Waals surface area contributed by atoms with Crippen molar-refractivity contribution in [3.05, 3.63) is 16.7 Å². The summed E-state index contributed by atoms with van der Waals surface area (Å²) in [5, 5.41) is 3.11. The van der Waals surface area contributed by atoms with Crippen LogP contribution in [0.1, 0.15) is 50.4 Å². The van der Waals surface area contributed by atoms with Crippen molar-refractivity contribution in [1.29, 1.82) is 0 Å². The van der Waals surface area contributed by atoms with Crippen molar-refractivity contribution in [2.45, 2.75) is 58.3 Å². The molecule has 2 heterocycles. The predicted octanol–water partition coefficient (Wildman–Crippen LogP) is 2.72. The number of alkyl halides is 1. The number of aryl methyl sites for hydroxylation is 1. The molecule has 0 spiro atoms. The van der Waals surface area contributed by atoms with Crippen LogP contribution in [0, 0.1) is 0 Å². The van der Waals surface area contributed by atoms with Gasteiger partial charge in [0.15, 0.2) is 11.0 Å². The number of carbonyl (C=O) groups excluding carboxylic acids is 2. The van der Waals surface area contributed by atoms with E-state index in [1.807, 2.05) is 6.92 Å². The fourth-order valence-corrected chi connectivity index (χ4v) is 3.17. The minimum absolute atomic E-state index is 0.112. The van der Waals surface area contributed by atoms with Crippen molar-refractivity contribution in [2.75, 3.05) is 26.4 Å². The highest BCUT2D eigenvalue weighted by Crippen LogP contribution is 2.19. The number of aromatic nitrogens is 2. The summed E-state index contributed by atoms with van der Waals surface area (Å²) < 4.78 is 23.6. The number of aromatic amines is 1. The Labute approximate surface area is 169 Å². The number of H-pyrrole nitrogens is 1. The summed E-state index contributed by atoms with van der Waals surface area (Å²) in [5.74, 6) is -0.313. The van der Waals surface area contributed by atoms with Gasteiger partial charge in [-0.1, -0.05) is 18.5 Å². The van der Waals surface area contributed by atoms with E-state index in [0.29, 0.717) is 25.1 Å². The molecule has 158 valence electrons. The quantitative estimate of drug-likeness (QED) is 0.740. The number of hydrogen-bond donors (Lipinski definition) is 2. The molecular weight excluding hydrogens is 391 g/mol. The lowest BCUT2D eigenvalue weighted by Crippen LogP contribution is -2.57. The Kier molecular flexibility index (Phi) is 7.65. The monoisotopic (exact) mass is 418 g/mol. The van der Waals surface area contributed by atoms with Crippen LogP contribution in [0.3, 0.4) is 0 Å². The lowest BCUT2D eigenvalue weighted by Gasteiger charge is -2.38. The number of carbonyl (C=O) groups is 2. The summed E-state index contributed by atoms with van der Waals surface area (Å²) >= 11 is 5.99. The van der Waals surface area contributed by atoms with Gasteiger partial charge in [0.25, 0.3) is 5.91 Å². The number of nitrogens with one attached hydrogen (secondary N) is 2. The standard InChI is InChI=1S/C18H28ClFN4O4/c1-5-11-14(19)23-15(21-11)16(25)22-12-6-8-24(10-13(12)27-9-7-20)17(26)28-18(2,3)4/h12-13H,5-10H2,1-4H3,(H,21,23)(H,22,25)/t12-,13+/m0/s1. The molecular formula is C18H28ClFN4O4. The molecule has 0 radical (unpaired) electrons. The molecule has 0 unspecified atom stereocenters. The Morgan fingerprint density at radius 2 is 2.14 bits per heavy atom. The van der Waals surface area contributed by atoms with Gasteiger partial charge in [-0.2, -0.15) is 0 Å². The van der Waals surface area contributed by atoms with Crippen LogP contribution in [0.2, 0.25) is 5.15 Å². The Morgan fingerprint density at radius 1 is 1.43 bits per heavy atom. The minimum atomic E-state index is -0.656. The molecule has 1 aromatic heterocycles. The zero-order valence-corrected chi connectivity index (χ0v) is 17.4. The number of hydrogen-bond acceptors (Lipinski definition) is 5. The van der Waals surface area contributed by atoms with E-state index >= 15 is 0 Å². The van der Waals surface area contributed by atoms with E-state index in [4.69, 9.17) is 21.1 Å². The number of likely N-dealkylation sites (tertiary alicyclic amines) is 1. The number of ether oxygens (including phenoxy) is 2. The van der Waals surface area contributed by atoms with Crippen LogP contribution in [0.4, 0.5) is 9.18 Å². The summed E-state index contributed by atoms with van der Waals surface area (Å²) in [6.45, 7) is 7.06. The summed E-state index contributed by atoms with van der Waals surface area (Å²) in [4.78, 5) is 33.3. The average Bonchev–Trinajstić information content (AvgIpc) is 3.00. The van der Waals surface area contributed by atoms with Crippen molar-refractivity contribution in [2.24, 2.45) is 0 Å². The van der Waals surface area contributed by atoms with Gasteiger partial charge in [0.05, 0.1) is 31.0 Å². The predicted molar refractivity (Wildman–Crippen MR) is 102 cm³/mol. The second-order valence-corrected chi connectivity index (χ2v) is 7.96. The number of rotatable bonds is 6. The zero-order valence-electron chi connectivity index (χ0n) is 16.7. The fraction of sp³-hybridized carbons (Fsp3) is 0.722. The third-order valence-corrected chi connectivity index (χ3v) is 4.55. The second kappa shape index (κ2) is 9.56. The molecule has 2 atom stereocenters. The maximum Gasteiger partial charge on any atom is 0.410 e. The Morgan fingerprint density at radius 3 is 2.71 bits per heavy atom. The lowest BCUT2D eigenvalue weighted by molar-refractivity contribution is -0.0359. The van der Waals surface area contributed by atoms with E-state index in [2.05, 4.69) is 15.3 Å². The third kappa shape index (κ3) is 6.07. The first-order chi connectivity index (χ1) is 13.1. The largest absolute Gasteiger partial charge is 0.444 e. The Bertz CT molecular complexity index is 692. The first-order valence-corrected chi connectivity index (χ1v) is 9.73. The molecule has 2 amide bonds. The maximum absolute atomic E-state index is 12.6. The molecule has 1 aliphatic heterocycles. The van der Waals surface area contributed by atoms with Crippen LogP contribution < -0.4 is 5.32 Å². The number of nitrogens with zero attached hydrogens (tertiary/aromatic N) is 2. The van der Waals surface area contributed by atoms with Crippen LogP contribution in [0.5, 0.6) is 0 Å². The molecule has 2 N–H and O–H groups in total. The van der Waals surface area contributed by atoms with Crippen LogP contribution >= 0.6 is 11.6 Å².